The fourth-order valence-corrected chi connectivity index (χ4v) is 4.01. The van der Waals surface area contributed by atoms with Gasteiger partial charge >= 0.3 is 0 Å². The standard InChI is InChI=1S/C21H24N4O4S/c1-23(2)30(27,28)20-12-17(10-11-19(20)29-4)21(26)24(3)14-16-13-22-25(15-16)18-8-6-5-7-9-18/h5-13,15H,14H2,1-4H3. The van der Waals surface area contributed by atoms with Crippen LogP contribution < -0.4 is 4.74 Å². The van der Waals surface area contributed by atoms with Gasteiger partial charge in [0.05, 0.1) is 19.0 Å². The van der Waals surface area contributed by atoms with Gasteiger partial charge in [0, 0.05) is 45.0 Å². The van der Waals surface area contributed by atoms with Gasteiger partial charge < -0.3 is 9.64 Å². The smallest absolute Gasteiger partial charge is 0.253 e. The Morgan fingerprint density at radius 3 is 2.43 bits per heavy atom. The second-order valence-electron chi connectivity index (χ2n) is 6.94. The molecule has 0 aliphatic carbocycles. The Kier molecular flexibility index (Phi) is 6.23. The molecule has 0 bridgehead atoms. The Morgan fingerprint density at radius 1 is 1.10 bits per heavy atom. The number of ether oxygens (including phenoxy) is 1. The Balaban J connectivity index is 1.82. The molecule has 0 saturated carbocycles. The van der Waals surface area contributed by atoms with E-state index in [1.165, 1.54) is 38.2 Å². The highest BCUT2D eigenvalue weighted by Gasteiger charge is 2.24. The minimum absolute atomic E-state index is 0.0499. The summed E-state index contributed by atoms with van der Waals surface area (Å²) >= 11 is 0. The van der Waals surface area contributed by atoms with Crippen LogP contribution in [0.1, 0.15) is 15.9 Å². The number of carbonyl (C=O) groups is 1. The Labute approximate surface area is 176 Å². The van der Waals surface area contributed by atoms with E-state index in [1.54, 1.807) is 24.0 Å². The molecule has 0 aliphatic heterocycles. The average Bonchev–Trinajstić information content (AvgIpc) is 3.21. The monoisotopic (exact) mass is 428 g/mol. The Bertz CT molecular complexity index is 1140. The maximum absolute atomic E-state index is 12.9. The number of rotatable bonds is 7. The SMILES string of the molecule is COc1ccc(C(=O)N(C)Cc2cnn(-c3ccccc3)c2)cc1S(=O)(=O)N(C)C. The number of para-hydroxylation sites is 1. The molecule has 3 aromatic rings. The molecule has 0 spiro atoms. The third kappa shape index (κ3) is 4.37. The third-order valence-corrected chi connectivity index (χ3v) is 6.43. The van der Waals surface area contributed by atoms with Gasteiger partial charge in [-0.25, -0.2) is 17.4 Å². The van der Waals surface area contributed by atoms with Crippen molar-refractivity contribution >= 4 is 15.9 Å². The van der Waals surface area contributed by atoms with Crippen LogP contribution in [0, 0.1) is 0 Å². The largest absolute Gasteiger partial charge is 0.495 e. The predicted molar refractivity (Wildman–Crippen MR) is 113 cm³/mol. The zero-order valence-corrected chi connectivity index (χ0v) is 18.1. The summed E-state index contributed by atoms with van der Waals surface area (Å²) in [5.74, 6) is -0.118. The van der Waals surface area contributed by atoms with Crippen LogP contribution in [-0.2, 0) is 16.6 Å². The van der Waals surface area contributed by atoms with E-state index in [-0.39, 0.29) is 22.1 Å². The van der Waals surface area contributed by atoms with Crippen LogP contribution in [0.4, 0.5) is 0 Å². The lowest BCUT2D eigenvalue weighted by atomic mass is 10.2. The van der Waals surface area contributed by atoms with Crippen LogP contribution in [0.25, 0.3) is 5.69 Å². The van der Waals surface area contributed by atoms with Crippen molar-refractivity contribution in [3.05, 3.63) is 72.1 Å². The van der Waals surface area contributed by atoms with Crippen LogP contribution in [0.15, 0.2) is 65.8 Å². The minimum Gasteiger partial charge on any atom is -0.495 e. The van der Waals surface area contributed by atoms with E-state index in [2.05, 4.69) is 5.10 Å². The molecule has 0 atom stereocenters. The highest BCUT2D eigenvalue weighted by Crippen LogP contribution is 2.27. The first-order valence-electron chi connectivity index (χ1n) is 9.19. The number of methoxy groups -OCH3 is 1. The van der Waals surface area contributed by atoms with Gasteiger partial charge in [0.15, 0.2) is 0 Å². The second-order valence-corrected chi connectivity index (χ2v) is 9.06. The van der Waals surface area contributed by atoms with Gasteiger partial charge in [0.1, 0.15) is 10.6 Å². The van der Waals surface area contributed by atoms with Crippen molar-refractivity contribution in [2.24, 2.45) is 0 Å². The van der Waals surface area contributed by atoms with Gasteiger partial charge in [-0.15, -0.1) is 0 Å². The third-order valence-electron chi connectivity index (χ3n) is 4.59. The van der Waals surface area contributed by atoms with Crippen molar-refractivity contribution < 1.29 is 17.9 Å². The van der Waals surface area contributed by atoms with Crippen LogP contribution in [0.5, 0.6) is 5.75 Å². The summed E-state index contributed by atoms with van der Waals surface area (Å²) in [6.45, 7) is 0.327. The molecule has 0 radical (unpaired) electrons. The van der Waals surface area contributed by atoms with Gasteiger partial charge in [-0.1, -0.05) is 18.2 Å². The highest BCUT2D eigenvalue weighted by atomic mass is 32.2. The summed E-state index contributed by atoms with van der Waals surface area (Å²) < 4.78 is 33.2. The van der Waals surface area contributed by atoms with Crippen LogP contribution >= 0.6 is 0 Å². The molecule has 158 valence electrons. The van der Waals surface area contributed by atoms with Crippen LogP contribution in [-0.4, -0.2) is 61.6 Å². The van der Waals surface area contributed by atoms with E-state index < -0.39 is 10.0 Å². The molecule has 30 heavy (non-hydrogen) atoms. The van der Waals surface area contributed by atoms with E-state index in [9.17, 15) is 13.2 Å². The molecule has 0 fully saturated rings. The molecule has 0 saturated heterocycles. The number of sulfonamides is 1. The first-order valence-corrected chi connectivity index (χ1v) is 10.6. The van der Waals surface area contributed by atoms with Crippen molar-refractivity contribution in [3.8, 4) is 11.4 Å². The summed E-state index contributed by atoms with van der Waals surface area (Å²) in [4.78, 5) is 14.4. The maximum atomic E-state index is 12.9. The quantitative estimate of drug-likeness (QED) is 0.577. The second kappa shape index (κ2) is 8.68. The molecule has 0 N–H and O–H groups in total. The number of hydrogen-bond acceptors (Lipinski definition) is 5. The summed E-state index contributed by atoms with van der Waals surface area (Å²) in [6, 6.07) is 14.1. The molecule has 1 heterocycles. The summed E-state index contributed by atoms with van der Waals surface area (Å²) in [5.41, 5.74) is 2.03. The molecule has 1 aromatic heterocycles. The highest BCUT2D eigenvalue weighted by molar-refractivity contribution is 7.89. The fraction of sp³-hybridized carbons (Fsp3) is 0.238. The van der Waals surface area contributed by atoms with E-state index in [1.807, 2.05) is 36.5 Å². The molecule has 9 heteroatoms. The van der Waals surface area contributed by atoms with Crippen molar-refractivity contribution in [1.29, 1.82) is 0 Å². The van der Waals surface area contributed by atoms with Gasteiger partial charge in [0.25, 0.3) is 5.91 Å². The summed E-state index contributed by atoms with van der Waals surface area (Å²) in [5, 5.41) is 4.34. The summed E-state index contributed by atoms with van der Waals surface area (Å²) in [7, 11) is 2.15. The van der Waals surface area contributed by atoms with Crippen molar-refractivity contribution in [2.45, 2.75) is 11.4 Å². The zero-order valence-electron chi connectivity index (χ0n) is 17.3. The normalized spacial score (nSPS) is 11.5. The number of amides is 1. The Hall–Kier alpha value is -3.17. The maximum Gasteiger partial charge on any atom is 0.253 e. The fourth-order valence-electron chi connectivity index (χ4n) is 2.94. The van der Waals surface area contributed by atoms with Crippen LogP contribution in [0.2, 0.25) is 0 Å². The van der Waals surface area contributed by atoms with Gasteiger partial charge in [-0.3, -0.25) is 4.79 Å². The van der Waals surface area contributed by atoms with Gasteiger partial charge in [-0.05, 0) is 30.3 Å². The molecule has 2 aromatic carbocycles. The van der Waals surface area contributed by atoms with E-state index in [4.69, 9.17) is 4.74 Å². The van der Waals surface area contributed by atoms with Gasteiger partial charge in [0.2, 0.25) is 10.0 Å². The van der Waals surface area contributed by atoms with Crippen molar-refractivity contribution in [3.63, 3.8) is 0 Å². The number of benzene rings is 2. The molecule has 8 nitrogen and oxygen atoms in total. The number of hydrogen-bond donors (Lipinski definition) is 0. The average molecular weight is 429 g/mol. The van der Waals surface area contributed by atoms with Crippen molar-refractivity contribution in [2.75, 3.05) is 28.3 Å². The van der Waals surface area contributed by atoms with E-state index in [0.29, 0.717) is 6.54 Å². The lowest BCUT2D eigenvalue weighted by Gasteiger charge is -2.19. The Morgan fingerprint density at radius 2 is 1.80 bits per heavy atom. The minimum atomic E-state index is -3.76. The van der Waals surface area contributed by atoms with Crippen LogP contribution in [0.3, 0.4) is 0 Å². The van der Waals surface area contributed by atoms with Gasteiger partial charge in [-0.2, -0.15) is 5.10 Å². The zero-order chi connectivity index (χ0) is 21.9. The van der Waals surface area contributed by atoms with Crippen molar-refractivity contribution in [1.82, 2.24) is 19.0 Å². The molecule has 1 amide bonds. The molecule has 0 aliphatic rings. The lowest BCUT2D eigenvalue weighted by molar-refractivity contribution is 0.0785. The predicted octanol–water partition coefficient (Wildman–Crippen LogP) is 2.40. The van der Waals surface area contributed by atoms with E-state index in [0.717, 1.165) is 15.6 Å². The molecule has 0 unspecified atom stereocenters. The topological polar surface area (TPSA) is 84.7 Å². The number of carbonyl (C=O) groups excluding carboxylic acids is 1. The lowest BCUT2D eigenvalue weighted by Crippen LogP contribution is -2.27. The number of nitrogens with zero attached hydrogens (tertiary/aromatic N) is 4. The molecule has 3 rings (SSSR count). The van der Waals surface area contributed by atoms with E-state index >= 15 is 0 Å². The first-order chi connectivity index (χ1) is 14.2. The molecular weight excluding hydrogens is 404 g/mol. The number of aromatic nitrogens is 2. The summed E-state index contributed by atoms with van der Waals surface area (Å²) in [6.07, 6.45) is 3.56. The molecular formula is C21H24N4O4S. The first kappa shape index (κ1) is 21.5.